The van der Waals surface area contributed by atoms with Gasteiger partial charge in [0, 0.05) is 17.0 Å². The Kier molecular flexibility index (Phi) is 7.79. The van der Waals surface area contributed by atoms with Crippen molar-refractivity contribution in [3.63, 3.8) is 0 Å². The third-order valence-electron chi connectivity index (χ3n) is 5.78. The quantitative estimate of drug-likeness (QED) is 0.459. The van der Waals surface area contributed by atoms with E-state index < -0.39 is 59.0 Å². The van der Waals surface area contributed by atoms with Crippen molar-refractivity contribution in [2.45, 2.75) is 38.0 Å². The number of anilines is 1. The van der Waals surface area contributed by atoms with E-state index in [4.69, 9.17) is 4.74 Å². The van der Waals surface area contributed by atoms with Crippen LogP contribution in [0.5, 0.6) is 0 Å². The maximum Gasteiger partial charge on any atom is 0.416 e. The molecule has 0 spiro atoms. The van der Waals surface area contributed by atoms with Crippen LogP contribution >= 0.6 is 15.9 Å². The van der Waals surface area contributed by atoms with Gasteiger partial charge in [0.2, 0.25) is 5.91 Å². The number of amides is 1. The second-order valence-corrected chi connectivity index (χ2v) is 8.77. The molecule has 33 heavy (non-hydrogen) atoms. The van der Waals surface area contributed by atoms with Gasteiger partial charge in [0.15, 0.2) is 0 Å². The molecule has 3 rings (SSSR count). The zero-order valence-corrected chi connectivity index (χ0v) is 19.1. The van der Waals surface area contributed by atoms with E-state index in [0.29, 0.717) is 30.7 Å². The molecule has 178 valence electrons. The number of hydrogen-bond donors (Lipinski definition) is 2. The topological polar surface area (TPSA) is 75.6 Å². The van der Waals surface area contributed by atoms with E-state index >= 15 is 0 Å². The first-order valence-electron chi connectivity index (χ1n) is 10.3. The van der Waals surface area contributed by atoms with Crippen molar-refractivity contribution in [3.8, 4) is 0 Å². The minimum atomic E-state index is -4.73. The number of halogens is 5. The Hall–Kier alpha value is -2.46. The van der Waals surface area contributed by atoms with Crippen LogP contribution in [0.15, 0.2) is 46.9 Å². The number of nitrogens with one attached hydrogen (secondary N) is 1. The number of carbonyl (C=O) groups excluding carboxylic acids is 1. The smallest absolute Gasteiger partial charge is 0.416 e. The Labute approximate surface area is 196 Å². The molecule has 4 atom stereocenters. The lowest BCUT2D eigenvalue weighted by molar-refractivity contribution is -0.151. The Morgan fingerprint density at radius 3 is 2.36 bits per heavy atom. The molecule has 1 saturated carbocycles. The first kappa shape index (κ1) is 25.2. The fraction of sp³-hybridized carbons (Fsp3) is 0.391. The van der Waals surface area contributed by atoms with E-state index in [1.54, 1.807) is 31.2 Å². The molecule has 0 bridgehead atoms. The molecule has 0 aromatic heterocycles. The van der Waals surface area contributed by atoms with Gasteiger partial charge in [0.25, 0.3) is 0 Å². The summed E-state index contributed by atoms with van der Waals surface area (Å²) < 4.78 is 59.2. The fourth-order valence-corrected chi connectivity index (χ4v) is 4.56. The zero-order valence-electron chi connectivity index (χ0n) is 17.5. The highest BCUT2D eigenvalue weighted by Crippen LogP contribution is 2.43. The Morgan fingerprint density at radius 1 is 1.15 bits per heavy atom. The first-order valence-corrected chi connectivity index (χ1v) is 11.1. The van der Waals surface area contributed by atoms with Crippen LogP contribution in [0.1, 0.15) is 36.8 Å². The monoisotopic (exact) mass is 531 g/mol. The number of carbonyl (C=O) groups is 2. The molecular weight excluding hydrogens is 510 g/mol. The number of alkyl halides is 3. The number of aliphatic carboxylic acids is 1. The molecule has 10 heteroatoms. The Morgan fingerprint density at radius 2 is 1.82 bits per heavy atom. The van der Waals surface area contributed by atoms with Crippen molar-refractivity contribution in [1.29, 1.82) is 0 Å². The van der Waals surface area contributed by atoms with Crippen molar-refractivity contribution in [2.75, 3.05) is 11.9 Å². The summed E-state index contributed by atoms with van der Waals surface area (Å²) in [5.41, 5.74) is -0.921. The van der Waals surface area contributed by atoms with Gasteiger partial charge < -0.3 is 15.2 Å². The minimum Gasteiger partial charge on any atom is -0.481 e. The van der Waals surface area contributed by atoms with Gasteiger partial charge in [0.1, 0.15) is 5.82 Å². The van der Waals surface area contributed by atoms with Gasteiger partial charge in [-0.05, 0) is 55.7 Å². The van der Waals surface area contributed by atoms with E-state index in [0.717, 1.165) is 10.5 Å². The minimum absolute atomic E-state index is 0.0892. The summed E-state index contributed by atoms with van der Waals surface area (Å²) in [5, 5.41) is 12.3. The number of rotatable bonds is 6. The number of carboxylic acid groups (broad SMARTS) is 1. The van der Waals surface area contributed by atoms with Crippen LogP contribution < -0.4 is 5.32 Å². The van der Waals surface area contributed by atoms with E-state index in [2.05, 4.69) is 21.2 Å². The number of carboxylic acids is 1. The van der Waals surface area contributed by atoms with Gasteiger partial charge in [-0.2, -0.15) is 13.2 Å². The van der Waals surface area contributed by atoms with E-state index in [-0.39, 0.29) is 6.42 Å². The van der Waals surface area contributed by atoms with Gasteiger partial charge in [-0.25, -0.2) is 4.39 Å². The summed E-state index contributed by atoms with van der Waals surface area (Å²) in [6.07, 6.45) is -4.67. The molecule has 2 N–H and O–H groups in total. The number of hydrogen-bond acceptors (Lipinski definition) is 3. The maximum absolute atomic E-state index is 14.3. The van der Waals surface area contributed by atoms with Crippen molar-refractivity contribution >= 4 is 33.5 Å². The van der Waals surface area contributed by atoms with E-state index in [1.807, 2.05) is 0 Å². The van der Waals surface area contributed by atoms with Crippen LogP contribution in [0, 0.1) is 17.7 Å². The van der Waals surface area contributed by atoms with E-state index in [1.165, 1.54) is 0 Å². The molecule has 2 aromatic rings. The number of ether oxygens (including phenoxy) is 1. The molecule has 0 radical (unpaired) electrons. The molecule has 2 unspecified atom stereocenters. The molecule has 1 amide bonds. The van der Waals surface area contributed by atoms with Crippen LogP contribution in [0.3, 0.4) is 0 Å². The zero-order chi connectivity index (χ0) is 24.3. The molecule has 1 aliphatic rings. The highest BCUT2D eigenvalue weighted by molar-refractivity contribution is 9.10. The van der Waals surface area contributed by atoms with Crippen molar-refractivity contribution in [3.05, 3.63) is 63.9 Å². The highest BCUT2D eigenvalue weighted by atomic mass is 79.9. The summed E-state index contributed by atoms with van der Waals surface area (Å²) in [5.74, 6) is -5.98. The highest BCUT2D eigenvalue weighted by Gasteiger charge is 2.46. The van der Waals surface area contributed by atoms with Gasteiger partial charge in [-0.3, -0.25) is 9.59 Å². The summed E-state index contributed by atoms with van der Waals surface area (Å²) in [4.78, 5) is 25.3. The van der Waals surface area contributed by atoms with Crippen molar-refractivity contribution in [2.24, 2.45) is 11.8 Å². The average Bonchev–Trinajstić information content (AvgIpc) is 2.74. The Bertz CT molecular complexity index is 1010. The lowest BCUT2D eigenvalue weighted by Gasteiger charge is -2.39. The maximum atomic E-state index is 14.3. The van der Waals surface area contributed by atoms with Gasteiger partial charge in [-0.1, -0.05) is 28.1 Å². The molecule has 0 saturated heterocycles. The molecule has 0 heterocycles. The van der Waals surface area contributed by atoms with Crippen LogP contribution in [0.4, 0.5) is 23.2 Å². The van der Waals surface area contributed by atoms with Crippen LogP contribution in [0.25, 0.3) is 0 Å². The SMILES string of the molecule is CCO[C@H]1CC(c2ccc(Br)cc2)C(C(=O)O)[C@@H](C(=O)Nc2ccc(C(F)(F)F)cc2F)C1. The summed E-state index contributed by atoms with van der Waals surface area (Å²) >= 11 is 3.34. The summed E-state index contributed by atoms with van der Waals surface area (Å²) in [6.45, 7) is 2.14. The molecule has 0 aliphatic heterocycles. The fourth-order valence-electron chi connectivity index (χ4n) is 4.29. The lowest BCUT2D eigenvalue weighted by atomic mass is 9.68. The predicted molar refractivity (Wildman–Crippen MR) is 116 cm³/mol. The summed E-state index contributed by atoms with van der Waals surface area (Å²) in [7, 11) is 0. The molecular formula is C23H22BrF4NO4. The van der Waals surface area contributed by atoms with E-state index in [9.17, 15) is 32.3 Å². The normalized spacial score (nSPS) is 23.2. The summed E-state index contributed by atoms with van der Waals surface area (Å²) in [6, 6.07) is 8.84. The van der Waals surface area contributed by atoms with Crippen LogP contribution in [-0.4, -0.2) is 29.7 Å². The van der Waals surface area contributed by atoms with Gasteiger partial charge in [-0.15, -0.1) is 0 Å². The standard InChI is InChI=1S/C23H22BrF4NO4/c1-2-33-15-10-16(12-3-6-14(24)7-4-12)20(22(31)32)17(11-15)21(30)29-19-8-5-13(9-18(19)25)23(26,27)28/h3-9,15-17,20H,2,10-11H2,1H3,(H,29,30)(H,31,32)/t15-,16?,17-,20?/m0/s1. The largest absolute Gasteiger partial charge is 0.481 e. The second kappa shape index (κ2) is 10.2. The van der Waals surface area contributed by atoms with Gasteiger partial charge >= 0.3 is 12.1 Å². The second-order valence-electron chi connectivity index (χ2n) is 7.86. The van der Waals surface area contributed by atoms with Gasteiger partial charge in [0.05, 0.1) is 29.2 Å². The average molecular weight is 532 g/mol. The van der Waals surface area contributed by atoms with Crippen molar-refractivity contribution in [1.82, 2.24) is 0 Å². The predicted octanol–water partition coefficient (Wildman–Crippen LogP) is 5.85. The van der Waals surface area contributed by atoms with Crippen molar-refractivity contribution < 1.29 is 37.0 Å². The third-order valence-corrected chi connectivity index (χ3v) is 6.31. The molecule has 5 nitrogen and oxygen atoms in total. The number of benzene rings is 2. The third kappa shape index (κ3) is 5.92. The first-order chi connectivity index (χ1) is 15.5. The Balaban J connectivity index is 1.91. The molecule has 1 aliphatic carbocycles. The van der Waals surface area contributed by atoms with Crippen LogP contribution in [0.2, 0.25) is 0 Å². The lowest BCUT2D eigenvalue weighted by Crippen LogP contribution is -2.44. The molecule has 2 aromatic carbocycles. The molecule has 1 fully saturated rings. The van der Waals surface area contributed by atoms with Crippen LogP contribution in [-0.2, 0) is 20.5 Å².